The van der Waals surface area contributed by atoms with Gasteiger partial charge in [-0.3, -0.25) is 0 Å². The molecule has 2 rings (SSSR count). The van der Waals surface area contributed by atoms with Crippen LogP contribution in [0.1, 0.15) is 24.9 Å². The maximum absolute atomic E-state index is 5.99. The Morgan fingerprint density at radius 2 is 2.31 bits per heavy atom. The van der Waals surface area contributed by atoms with E-state index in [1.165, 1.54) is 17.9 Å². The minimum atomic E-state index is 0.0552. The molecule has 2 heterocycles. The lowest BCUT2D eigenvalue weighted by molar-refractivity contribution is 0.758. The lowest BCUT2D eigenvalue weighted by Crippen LogP contribution is -2.28. The zero-order valence-electron chi connectivity index (χ0n) is 9.72. The summed E-state index contributed by atoms with van der Waals surface area (Å²) in [6, 6.07) is 4.11. The van der Waals surface area contributed by atoms with Crippen molar-refractivity contribution in [2.45, 2.75) is 19.4 Å². The van der Waals surface area contributed by atoms with Crippen LogP contribution in [0.15, 0.2) is 18.3 Å². The molecular weight excluding hydrogens is 218 g/mol. The molecule has 0 bridgehead atoms. The maximum atomic E-state index is 5.99. The number of aromatic nitrogens is 1. The van der Waals surface area contributed by atoms with Crippen molar-refractivity contribution >= 4 is 17.6 Å². The number of hydrogen-bond donors (Lipinski definition) is 1. The first-order chi connectivity index (χ1) is 7.79. The van der Waals surface area contributed by atoms with Crippen molar-refractivity contribution in [3.05, 3.63) is 23.9 Å². The fourth-order valence-corrected chi connectivity index (χ4v) is 2.87. The molecule has 4 heteroatoms. The molecule has 2 N–H and O–H groups in total. The smallest absolute Gasteiger partial charge is 0.133 e. The first-order valence-corrected chi connectivity index (χ1v) is 6.97. The Kier molecular flexibility index (Phi) is 4.07. The minimum Gasteiger partial charge on any atom is -0.355 e. The lowest BCUT2D eigenvalue weighted by atomic mass is 10.1. The van der Waals surface area contributed by atoms with Gasteiger partial charge in [-0.2, -0.15) is 11.8 Å². The van der Waals surface area contributed by atoms with Crippen LogP contribution in [0.5, 0.6) is 0 Å². The Hall–Kier alpha value is -0.740. The van der Waals surface area contributed by atoms with Crippen LogP contribution >= 0.6 is 11.8 Å². The van der Waals surface area contributed by atoms with Gasteiger partial charge in [0.05, 0.1) is 0 Å². The molecule has 0 aromatic carbocycles. The van der Waals surface area contributed by atoms with Gasteiger partial charge in [-0.1, -0.05) is 6.07 Å². The third-order valence-electron chi connectivity index (χ3n) is 2.83. The van der Waals surface area contributed by atoms with E-state index in [1.807, 2.05) is 30.9 Å². The van der Waals surface area contributed by atoms with Crippen molar-refractivity contribution in [3.63, 3.8) is 0 Å². The van der Waals surface area contributed by atoms with E-state index in [9.17, 15) is 0 Å². The van der Waals surface area contributed by atoms with Crippen LogP contribution < -0.4 is 10.6 Å². The molecule has 1 saturated heterocycles. The first kappa shape index (κ1) is 11.7. The number of pyridine rings is 1. The number of rotatable bonds is 2. The number of hydrogen-bond acceptors (Lipinski definition) is 4. The fraction of sp³-hybridized carbons (Fsp3) is 0.583. The molecule has 16 heavy (non-hydrogen) atoms. The summed E-state index contributed by atoms with van der Waals surface area (Å²) in [5.74, 6) is 3.53. The van der Waals surface area contributed by atoms with Gasteiger partial charge in [-0.05, 0) is 25.2 Å². The summed E-state index contributed by atoms with van der Waals surface area (Å²) in [6.07, 6.45) is 3.10. The van der Waals surface area contributed by atoms with Crippen LogP contribution in [-0.4, -0.2) is 29.6 Å². The summed E-state index contributed by atoms with van der Waals surface area (Å²) >= 11 is 2.03. The third kappa shape index (κ3) is 2.68. The van der Waals surface area contributed by atoms with Gasteiger partial charge in [0, 0.05) is 36.6 Å². The quantitative estimate of drug-likeness (QED) is 0.855. The van der Waals surface area contributed by atoms with Crippen LogP contribution in [0.25, 0.3) is 0 Å². The van der Waals surface area contributed by atoms with Gasteiger partial charge in [0.2, 0.25) is 0 Å². The van der Waals surface area contributed by atoms with Crippen LogP contribution in [-0.2, 0) is 0 Å². The van der Waals surface area contributed by atoms with Crippen LogP contribution in [0.4, 0.5) is 5.82 Å². The van der Waals surface area contributed by atoms with Crippen molar-refractivity contribution in [2.24, 2.45) is 5.73 Å². The largest absolute Gasteiger partial charge is 0.355 e. The van der Waals surface area contributed by atoms with Crippen LogP contribution in [0, 0.1) is 0 Å². The summed E-state index contributed by atoms with van der Waals surface area (Å²) in [4.78, 5) is 6.88. The number of anilines is 1. The summed E-state index contributed by atoms with van der Waals surface area (Å²) in [6.45, 7) is 4.21. The monoisotopic (exact) mass is 237 g/mol. The SMILES string of the molecule is C[C@@H](N)c1cccnc1N1CCCSCC1. The van der Waals surface area contributed by atoms with E-state index in [1.54, 1.807) is 0 Å². The zero-order chi connectivity index (χ0) is 11.4. The van der Waals surface area contributed by atoms with Crippen molar-refractivity contribution in [3.8, 4) is 0 Å². The average molecular weight is 237 g/mol. The van der Waals surface area contributed by atoms with E-state index in [0.717, 1.165) is 24.5 Å². The predicted octanol–water partition coefficient (Wildman–Crippen LogP) is 2.04. The summed E-state index contributed by atoms with van der Waals surface area (Å²) < 4.78 is 0. The van der Waals surface area contributed by atoms with Crippen molar-refractivity contribution in [2.75, 3.05) is 29.5 Å². The first-order valence-electron chi connectivity index (χ1n) is 5.82. The van der Waals surface area contributed by atoms with Crippen molar-refractivity contribution in [1.29, 1.82) is 0 Å². The molecule has 0 amide bonds. The molecule has 1 aliphatic heterocycles. The molecule has 1 fully saturated rings. The van der Waals surface area contributed by atoms with Gasteiger partial charge in [-0.25, -0.2) is 4.98 Å². The molecule has 1 aromatic rings. The zero-order valence-corrected chi connectivity index (χ0v) is 10.5. The summed E-state index contributed by atoms with van der Waals surface area (Å²) in [5, 5.41) is 0. The van der Waals surface area contributed by atoms with E-state index in [4.69, 9.17) is 5.73 Å². The summed E-state index contributed by atoms with van der Waals surface area (Å²) in [7, 11) is 0. The highest BCUT2D eigenvalue weighted by Crippen LogP contribution is 2.24. The third-order valence-corrected chi connectivity index (χ3v) is 3.88. The van der Waals surface area contributed by atoms with E-state index < -0.39 is 0 Å². The van der Waals surface area contributed by atoms with Gasteiger partial charge >= 0.3 is 0 Å². The Bertz CT molecular complexity index is 333. The topological polar surface area (TPSA) is 42.1 Å². The standard InChI is InChI=1S/C12H19N3S/c1-10(13)11-4-2-5-14-12(11)15-6-3-8-16-9-7-15/h2,4-5,10H,3,6-9,13H2,1H3/t10-/m1/s1. The Morgan fingerprint density at radius 3 is 3.12 bits per heavy atom. The molecule has 3 nitrogen and oxygen atoms in total. The Morgan fingerprint density at radius 1 is 1.44 bits per heavy atom. The van der Waals surface area contributed by atoms with Gasteiger partial charge < -0.3 is 10.6 Å². The van der Waals surface area contributed by atoms with Gasteiger partial charge in [-0.15, -0.1) is 0 Å². The Balaban J connectivity index is 2.23. The molecular formula is C12H19N3S. The molecule has 0 spiro atoms. The highest BCUT2D eigenvalue weighted by molar-refractivity contribution is 7.99. The number of thioether (sulfide) groups is 1. The van der Waals surface area contributed by atoms with Crippen LogP contribution in [0.2, 0.25) is 0 Å². The molecule has 0 unspecified atom stereocenters. The average Bonchev–Trinajstić information content (AvgIpc) is 2.57. The van der Waals surface area contributed by atoms with Crippen molar-refractivity contribution < 1.29 is 0 Å². The molecule has 1 aromatic heterocycles. The van der Waals surface area contributed by atoms with Crippen LogP contribution in [0.3, 0.4) is 0 Å². The second-order valence-corrected chi connectivity index (χ2v) is 5.38. The van der Waals surface area contributed by atoms with Gasteiger partial charge in [0.15, 0.2) is 0 Å². The predicted molar refractivity (Wildman–Crippen MR) is 71.0 cm³/mol. The molecule has 0 saturated carbocycles. The summed E-state index contributed by atoms with van der Waals surface area (Å²) in [5.41, 5.74) is 7.15. The molecule has 0 radical (unpaired) electrons. The minimum absolute atomic E-state index is 0.0552. The molecule has 1 atom stereocenters. The second-order valence-electron chi connectivity index (χ2n) is 4.16. The van der Waals surface area contributed by atoms with E-state index in [0.29, 0.717) is 0 Å². The molecule has 88 valence electrons. The maximum Gasteiger partial charge on any atom is 0.133 e. The molecule has 0 aliphatic carbocycles. The van der Waals surface area contributed by atoms with Gasteiger partial charge in [0.1, 0.15) is 5.82 Å². The normalized spacial score (nSPS) is 19.2. The van der Waals surface area contributed by atoms with Gasteiger partial charge in [0.25, 0.3) is 0 Å². The second kappa shape index (κ2) is 5.55. The molecule has 1 aliphatic rings. The van der Waals surface area contributed by atoms with E-state index >= 15 is 0 Å². The highest BCUT2D eigenvalue weighted by atomic mass is 32.2. The highest BCUT2D eigenvalue weighted by Gasteiger charge is 2.16. The van der Waals surface area contributed by atoms with Crippen molar-refractivity contribution in [1.82, 2.24) is 4.98 Å². The van der Waals surface area contributed by atoms with E-state index in [2.05, 4.69) is 16.0 Å². The van der Waals surface area contributed by atoms with E-state index in [-0.39, 0.29) is 6.04 Å². The fourth-order valence-electron chi connectivity index (χ4n) is 1.99. The Labute approximate surface area is 101 Å². The lowest BCUT2D eigenvalue weighted by Gasteiger charge is -2.24. The number of nitrogens with zero attached hydrogens (tertiary/aromatic N) is 2. The number of nitrogens with two attached hydrogens (primary N) is 1.